The van der Waals surface area contributed by atoms with Crippen molar-refractivity contribution in [2.75, 3.05) is 19.0 Å². The Bertz CT molecular complexity index is 362. The Morgan fingerprint density at radius 1 is 1.53 bits per heavy atom. The van der Waals surface area contributed by atoms with Crippen molar-refractivity contribution in [3.63, 3.8) is 0 Å². The minimum Gasteiger partial charge on any atom is -0.481 e. The van der Waals surface area contributed by atoms with Gasteiger partial charge in [-0.05, 0) is 19.8 Å². The number of hydrogen-bond acceptors (Lipinski definition) is 5. The third-order valence-electron chi connectivity index (χ3n) is 2.66. The monoisotopic (exact) mass is 208 g/mol. The maximum atomic E-state index is 5.69. The summed E-state index contributed by atoms with van der Waals surface area (Å²) < 4.78 is 5.08. The molecule has 0 radical (unpaired) electrons. The fourth-order valence-corrected chi connectivity index (χ4v) is 1.51. The van der Waals surface area contributed by atoms with Crippen LogP contribution in [0.2, 0.25) is 0 Å². The zero-order chi connectivity index (χ0) is 10.9. The quantitative estimate of drug-likeness (QED) is 0.762. The Hall–Kier alpha value is -1.36. The summed E-state index contributed by atoms with van der Waals surface area (Å²) in [6, 6.07) is 1.79. The second-order valence-electron chi connectivity index (χ2n) is 3.95. The van der Waals surface area contributed by atoms with Crippen molar-refractivity contribution in [2.24, 2.45) is 5.73 Å². The molecule has 82 valence electrons. The van der Waals surface area contributed by atoms with E-state index in [-0.39, 0.29) is 5.54 Å². The smallest absolute Gasteiger partial charge is 0.218 e. The largest absolute Gasteiger partial charge is 0.481 e. The van der Waals surface area contributed by atoms with Crippen LogP contribution in [0.4, 0.5) is 5.82 Å². The average molecular weight is 208 g/mol. The molecular formula is C10H16N4O. The molecule has 0 amide bonds. The second kappa shape index (κ2) is 3.66. The number of aromatic nitrogens is 2. The highest BCUT2D eigenvalue weighted by molar-refractivity contribution is 5.43. The van der Waals surface area contributed by atoms with E-state index in [1.54, 1.807) is 13.2 Å². The molecule has 1 aromatic heterocycles. The number of nitrogens with two attached hydrogens (primary N) is 1. The van der Waals surface area contributed by atoms with E-state index in [0.29, 0.717) is 18.2 Å². The van der Waals surface area contributed by atoms with Gasteiger partial charge in [-0.2, -0.15) is 4.98 Å². The molecular weight excluding hydrogens is 192 g/mol. The molecule has 0 unspecified atom stereocenters. The first kappa shape index (κ1) is 10.2. The van der Waals surface area contributed by atoms with Gasteiger partial charge in [0.15, 0.2) is 0 Å². The molecule has 0 atom stereocenters. The first-order valence-corrected chi connectivity index (χ1v) is 5.05. The van der Waals surface area contributed by atoms with Crippen molar-refractivity contribution in [1.82, 2.24) is 9.97 Å². The van der Waals surface area contributed by atoms with Gasteiger partial charge in [-0.25, -0.2) is 4.98 Å². The summed E-state index contributed by atoms with van der Waals surface area (Å²) >= 11 is 0. The van der Waals surface area contributed by atoms with Crippen molar-refractivity contribution in [3.05, 3.63) is 11.9 Å². The first-order chi connectivity index (χ1) is 7.17. The van der Waals surface area contributed by atoms with Crippen LogP contribution in [0.1, 0.15) is 18.7 Å². The van der Waals surface area contributed by atoms with Crippen molar-refractivity contribution < 1.29 is 4.74 Å². The summed E-state index contributed by atoms with van der Waals surface area (Å²) in [4.78, 5) is 8.42. The lowest BCUT2D eigenvalue weighted by atomic mass is 10.3. The van der Waals surface area contributed by atoms with Gasteiger partial charge in [0, 0.05) is 12.6 Å². The number of hydrogen-bond donors (Lipinski definition) is 2. The zero-order valence-corrected chi connectivity index (χ0v) is 9.08. The number of nitrogens with zero attached hydrogens (tertiary/aromatic N) is 2. The number of anilines is 1. The average Bonchev–Trinajstić information content (AvgIpc) is 2.97. The Labute approximate surface area is 89.1 Å². The predicted molar refractivity (Wildman–Crippen MR) is 58.0 cm³/mol. The van der Waals surface area contributed by atoms with E-state index < -0.39 is 0 Å². The Morgan fingerprint density at radius 2 is 2.27 bits per heavy atom. The topological polar surface area (TPSA) is 73.1 Å². The van der Waals surface area contributed by atoms with E-state index in [2.05, 4.69) is 15.3 Å². The predicted octanol–water partition coefficient (Wildman–Crippen LogP) is 0.697. The Morgan fingerprint density at radius 3 is 2.80 bits per heavy atom. The molecule has 0 saturated heterocycles. The van der Waals surface area contributed by atoms with Gasteiger partial charge in [0.1, 0.15) is 11.6 Å². The molecule has 1 saturated carbocycles. The van der Waals surface area contributed by atoms with Crippen molar-refractivity contribution in [1.29, 1.82) is 0 Å². The molecule has 2 rings (SSSR count). The lowest BCUT2D eigenvalue weighted by molar-refractivity contribution is 0.396. The zero-order valence-electron chi connectivity index (χ0n) is 9.08. The van der Waals surface area contributed by atoms with Crippen LogP contribution in [0.3, 0.4) is 0 Å². The van der Waals surface area contributed by atoms with Gasteiger partial charge in [0.25, 0.3) is 0 Å². The summed E-state index contributed by atoms with van der Waals surface area (Å²) in [5.41, 5.74) is 5.75. The molecule has 1 aliphatic rings. The molecule has 1 aliphatic carbocycles. The maximum absolute atomic E-state index is 5.69. The fraction of sp³-hybridized carbons (Fsp3) is 0.600. The molecule has 3 N–H and O–H groups in total. The molecule has 5 nitrogen and oxygen atoms in total. The summed E-state index contributed by atoms with van der Waals surface area (Å²) in [6.45, 7) is 2.48. The van der Waals surface area contributed by atoms with Crippen molar-refractivity contribution in [2.45, 2.75) is 25.3 Å². The Kier molecular flexibility index (Phi) is 2.48. The van der Waals surface area contributed by atoms with E-state index in [9.17, 15) is 0 Å². The van der Waals surface area contributed by atoms with Gasteiger partial charge in [0.05, 0.1) is 12.6 Å². The number of ether oxygens (including phenoxy) is 1. The summed E-state index contributed by atoms with van der Waals surface area (Å²) in [5, 5.41) is 3.34. The maximum Gasteiger partial charge on any atom is 0.218 e. The van der Waals surface area contributed by atoms with Crippen LogP contribution in [0.15, 0.2) is 6.07 Å². The number of aryl methyl sites for hydroxylation is 1. The van der Waals surface area contributed by atoms with Gasteiger partial charge in [-0.1, -0.05) is 0 Å². The van der Waals surface area contributed by atoms with Crippen LogP contribution in [0.25, 0.3) is 0 Å². The third-order valence-corrected chi connectivity index (χ3v) is 2.66. The van der Waals surface area contributed by atoms with Crippen molar-refractivity contribution in [3.8, 4) is 5.88 Å². The molecule has 1 heterocycles. The minimum absolute atomic E-state index is 0.0613. The highest BCUT2D eigenvalue weighted by atomic mass is 16.5. The summed E-state index contributed by atoms with van der Waals surface area (Å²) in [7, 11) is 1.60. The molecule has 1 fully saturated rings. The SMILES string of the molecule is COc1cc(NC2(CN)CC2)nc(C)n1. The van der Waals surface area contributed by atoms with Gasteiger partial charge < -0.3 is 15.8 Å². The molecule has 0 spiro atoms. The second-order valence-corrected chi connectivity index (χ2v) is 3.95. The van der Waals surface area contributed by atoms with E-state index in [1.165, 1.54) is 0 Å². The van der Waals surface area contributed by atoms with Crippen LogP contribution >= 0.6 is 0 Å². The van der Waals surface area contributed by atoms with Crippen LogP contribution < -0.4 is 15.8 Å². The van der Waals surface area contributed by atoms with Crippen LogP contribution in [0.5, 0.6) is 5.88 Å². The van der Waals surface area contributed by atoms with Gasteiger partial charge in [-0.15, -0.1) is 0 Å². The number of nitrogens with one attached hydrogen (secondary N) is 1. The van der Waals surface area contributed by atoms with E-state index in [0.717, 1.165) is 18.7 Å². The molecule has 0 bridgehead atoms. The lowest BCUT2D eigenvalue weighted by Gasteiger charge is -2.16. The molecule has 1 aromatic rings. The van der Waals surface area contributed by atoms with Crippen LogP contribution in [0, 0.1) is 6.92 Å². The fourth-order valence-electron chi connectivity index (χ4n) is 1.51. The highest BCUT2D eigenvalue weighted by Crippen LogP contribution is 2.37. The molecule has 15 heavy (non-hydrogen) atoms. The number of rotatable bonds is 4. The molecule has 5 heteroatoms. The van der Waals surface area contributed by atoms with E-state index in [1.807, 2.05) is 6.92 Å². The lowest BCUT2D eigenvalue weighted by Crippen LogP contribution is -2.31. The van der Waals surface area contributed by atoms with Gasteiger partial charge in [-0.3, -0.25) is 0 Å². The van der Waals surface area contributed by atoms with Gasteiger partial charge >= 0.3 is 0 Å². The third kappa shape index (κ3) is 2.18. The molecule has 0 aliphatic heterocycles. The highest BCUT2D eigenvalue weighted by Gasteiger charge is 2.41. The first-order valence-electron chi connectivity index (χ1n) is 5.05. The summed E-state index contributed by atoms with van der Waals surface area (Å²) in [5.74, 6) is 2.07. The Balaban J connectivity index is 2.17. The number of methoxy groups -OCH3 is 1. The van der Waals surface area contributed by atoms with E-state index in [4.69, 9.17) is 10.5 Å². The van der Waals surface area contributed by atoms with Crippen LogP contribution in [-0.2, 0) is 0 Å². The van der Waals surface area contributed by atoms with Gasteiger partial charge in [0.2, 0.25) is 5.88 Å². The normalized spacial score (nSPS) is 17.3. The van der Waals surface area contributed by atoms with E-state index >= 15 is 0 Å². The summed E-state index contributed by atoms with van der Waals surface area (Å²) in [6.07, 6.45) is 2.21. The molecule has 0 aromatic carbocycles. The minimum atomic E-state index is 0.0613. The van der Waals surface area contributed by atoms with Crippen molar-refractivity contribution >= 4 is 5.82 Å². The standard InChI is InChI=1S/C10H16N4O/c1-7-12-8(5-9(13-7)15-2)14-10(6-11)3-4-10/h5H,3-4,6,11H2,1-2H3,(H,12,13,14). The van der Waals surface area contributed by atoms with Crippen LogP contribution in [-0.4, -0.2) is 29.2 Å².